The van der Waals surface area contributed by atoms with Gasteiger partial charge in [0.2, 0.25) is 0 Å². The maximum Gasteiger partial charge on any atom is 0.317 e. The molecule has 7 heteroatoms. The van der Waals surface area contributed by atoms with E-state index in [0.29, 0.717) is 19.5 Å². The van der Waals surface area contributed by atoms with Gasteiger partial charge in [-0.3, -0.25) is 14.7 Å². The highest BCUT2D eigenvalue weighted by molar-refractivity contribution is 5.74. The first-order valence-electron chi connectivity index (χ1n) is 8.39. The molecule has 0 bridgehead atoms. The van der Waals surface area contributed by atoms with E-state index in [1.54, 1.807) is 0 Å². The topological polar surface area (TPSA) is 94.6 Å². The Kier molecular flexibility index (Phi) is 6.54. The Morgan fingerprint density at radius 1 is 1.38 bits per heavy atom. The second kappa shape index (κ2) is 8.63. The average Bonchev–Trinajstić information content (AvgIpc) is 2.50. The maximum absolute atomic E-state index is 11.9. The predicted molar refractivity (Wildman–Crippen MR) is 90.9 cm³/mol. The van der Waals surface area contributed by atoms with Crippen LogP contribution in [-0.4, -0.2) is 58.7 Å². The Morgan fingerprint density at radius 2 is 2.12 bits per heavy atom. The number of hydrogen-bond donors (Lipinski definition) is 3. The monoisotopic (exact) mass is 334 g/mol. The van der Waals surface area contributed by atoms with Crippen LogP contribution in [0.25, 0.3) is 0 Å². The third kappa shape index (κ3) is 5.49. The summed E-state index contributed by atoms with van der Waals surface area (Å²) >= 11 is 0. The van der Waals surface area contributed by atoms with Gasteiger partial charge in [-0.1, -0.05) is 13.0 Å². The number of carbonyl (C=O) groups is 2. The van der Waals surface area contributed by atoms with E-state index in [1.807, 2.05) is 37.1 Å². The molecule has 0 atom stereocenters. The van der Waals surface area contributed by atoms with Crippen LogP contribution in [0.2, 0.25) is 0 Å². The molecule has 0 aromatic carbocycles. The number of amides is 2. The number of rotatable bonds is 8. The molecule has 1 aromatic rings. The molecule has 1 aromatic heterocycles. The molecule has 3 N–H and O–H groups in total. The molecule has 1 aliphatic rings. The fraction of sp³-hybridized carbons (Fsp3) is 0.588. The minimum atomic E-state index is -0.810. The first-order chi connectivity index (χ1) is 11.5. The van der Waals surface area contributed by atoms with Crippen molar-refractivity contribution in [3.05, 3.63) is 29.6 Å². The number of urea groups is 1. The first kappa shape index (κ1) is 18.2. The SMILES string of the molecule is CCN(CC(=O)O)C1CC(NC(=O)NCCc2ccc(C)cn2)C1. The molecule has 132 valence electrons. The van der Waals surface area contributed by atoms with E-state index in [0.717, 1.165) is 24.1 Å². The maximum atomic E-state index is 11.9. The number of aryl methyl sites for hydroxylation is 1. The molecule has 24 heavy (non-hydrogen) atoms. The van der Waals surface area contributed by atoms with Crippen molar-refractivity contribution in [2.45, 2.75) is 45.2 Å². The number of pyridine rings is 1. The number of aliphatic carboxylic acids is 1. The number of carbonyl (C=O) groups excluding carboxylic acids is 1. The Balaban J connectivity index is 1.62. The Labute approximate surface area is 142 Å². The second-order valence-corrected chi connectivity index (χ2v) is 6.26. The number of nitrogens with zero attached hydrogens (tertiary/aromatic N) is 2. The van der Waals surface area contributed by atoms with Gasteiger partial charge < -0.3 is 15.7 Å². The fourth-order valence-corrected chi connectivity index (χ4v) is 2.86. The molecule has 2 amide bonds. The molecular formula is C17H26N4O3. The van der Waals surface area contributed by atoms with Crippen LogP contribution in [0.15, 0.2) is 18.3 Å². The van der Waals surface area contributed by atoms with E-state index in [2.05, 4.69) is 15.6 Å². The van der Waals surface area contributed by atoms with Gasteiger partial charge in [0.25, 0.3) is 0 Å². The smallest absolute Gasteiger partial charge is 0.317 e. The zero-order chi connectivity index (χ0) is 17.5. The summed E-state index contributed by atoms with van der Waals surface area (Å²) in [7, 11) is 0. The average molecular weight is 334 g/mol. The number of nitrogens with one attached hydrogen (secondary N) is 2. The molecule has 1 fully saturated rings. The van der Waals surface area contributed by atoms with Crippen molar-refractivity contribution in [3.63, 3.8) is 0 Å². The molecule has 0 radical (unpaired) electrons. The van der Waals surface area contributed by atoms with Crippen LogP contribution in [0.4, 0.5) is 4.79 Å². The molecule has 0 aliphatic heterocycles. The molecule has 0 saturated heterocycles. The molecule has 1 aliphatic carbocycles. The van der Waals surface area contributed by atoms with Gasteiger partial charge in [0, 0.05) is 36.9 Å². The minimum Gasteiger partial charge on any atom is -0.480 e. The second-order valence-electron chi connectivity index (χ2n) is 6.26. The lowest BCUT2D eigenvalue weighted by molar-refractivity contribution is -0.139. The van der Waals surface area contributed by atoms with Crippen LogP contribution in [0, 0.1) is 6.92 Å². The van der Waals surface area contributed by atoms with Gasteiger partial charge in [-0.25, -0.2) is 4.79 Å². The molecule has 0 spiro atoms. The molecule has 0 unspecified atom stereocenters. The van der Waals surface area contributed by atoms with Gasteiger partial charge in [0.1, 0.15) is 0 Å². The molecular weight excluding hydrogens is 308 g/mol. The number of hydrogen-bond acceptors (Lipinski definition) is 4. The molecule has 2 rings (SSSR count). The zero-order valence-corrected chi connectivity index (χ0v) is 14.3. The lowest BCUT2D eigenvalue weighted by Gasteiger charge is -2.42. The summed E-state index contributed by atoms with van der Waals surface area (Å²) in [5, 5.41) is 14.6. The van der Waals surface area contributed by atoms with Crippen molar-refractivity contribution in [2.75, 3.05) is 19.6 Å². The summed E-state index contributed by atoms with van der Waals surface area (Å²) in [4.78, 5) is 28.9. The summed E-state index contributed by atoms with van der Waals surface area (Å²) in [6, 6.07) is 4.16. The van der Waals surface area contributed by atoms with E-state index < -0.39 is 5.97 Å². The molecule has 1 saturated carbocycles. The number of aromatic nitrogens is 1. The van der Waals surface area contributed by atoms with Gasteiger partial charge in [-0.2, -0.15) is 0 Å². The van der Waals surface area contributed by atoms with Crippen molar-refractivity contribution in [1.29, 1.82) is 0 Å². The number of carboxylic acids is 1. The van der Waals surface area contributed by atoms with Crippen LogP contribution in [0.5, 0.6) is 0 Å². The highest BCUT2D eigenvalue weighted by Crippen LogP contribution is 2.25. The van der Waals surface area contributed by atoms with E-state index >= 15 is 0 Å². The summed E-state index contributed by atoms with van der Waals surface area (Å²) in [6.45, 7) is 5.25. The number of carboxylic acid groups (broad SMARTS) is 1. The lowest BCUT2D eigenvalue weighted by Crippen LogP contribution is -2.56. The van der Waals surface area contributed by atoms with Crippen molar-refractivity contribution in [3.8, 4) is 0 Å². The van der Waals surface area contributed by atoms with Gasteiger partial charge in [-0.15, -0.1) is 0 Å². The van der Waals surface area contributed by atoms with Crippen molar-refractivity contribution >= 4 is 12.0 Å². The van der Waals surface area contributed by atoms with E-state index in [1.165, 1.54) is 0 Å². The highest BCUT2D eigenvalue weighted by atomic mass is 16.4. The Hall–Kier alpha value is -2.15. The lowest BCUT2D eigenvalue weighted by atomic mass is 9.85. The van der Waals surface area contributed by atoms with Crippen LogP contribution < -0.4 is 10.6 Å². The third-order valence-electron chi connectivity index (χ3n) is 4.35. The largest absolute Gasteiger partial charge is 0.480 e. The number of likely N-dealkylation sites (N-methyl/N-ethyl adjacent to an activating group) is 1. The van der Waals surface area contributed by atoms with Crippen molar-refractivity contribution in [2.24, 2.45) is 0 Å². The van der Waals surface area contributed by atoms with Crippen molar-refractivity contribution in [1.82, 2.24) is 20.5 Å². The summed E-state index contributed by atoms with van der Waals surface area (Å²) in [5.74, 6) is -0.810. The van der Waals surface area contributed by atoms with Crippen LogP contribution in [0.1, 0.15) is 31.0 Å². The zero-order valence-electron chi connectivity index (χ0n) is 14.3. The van der Waals surface area contributed by atoms with Crippen LogP contribution >= 0.6 is 0 Å². The molecule has 1 heterocycles. The predicted octanol–water partition coefficient (Wildman–Crippen LogP) is 1.17. The van der Waals surface area contributed by atoms with E-state index in [4.69, 9.17) is 5.11 Å². The summed E-state index contributed by atoms with van der Waals surface area (Å²) in [5.41, 5.74) is 2.07. The first-order valence-corrected chi connectivity index (χ1v) is 8.39. The Morgan fingerprint density at radius 3 is 2.71 bits per heavy atom. The van der Waals surface area contributed by atoms with Gasteiger partial charge in [0.15, 0.2) is 0 Å². The van der Waals surface area contributed by atoms with Gasteiger partial charge in [-0.05, 0) is 37.9 Å². The molecule has 7 nitrogen and oxygen atoms in total. The van der Waals surface area contributed by atoms with Gasteiger partial charge >= 0.3 is 12.0 Å². The fourth-order valence-electron chi connectivity index (χ4n) is 2.86. The van der Waals surface area contributed by atoms with Crippen LogP contribution in [0.3, 0.4) is 0 Å². The van der Waals surface area contributed by atoms with E-state index in [9.17, 15) is 9.59 Å². The quantitative estimate of drug-likeness (QED) is 0.663. The minimum absolute atomic E-state index is 0.0592. The standard InChI is InChI=1S/C17H26N4O3/c1-3-21(11-16(22)23)15-8-14(9-15)20-17(24)18-7-6-13-5-4-12(2)10-19-13/h4-5,10,14-15H,3,6-9,11H2,1-2H3,(H,22,23)(H2,18,20,24). The third-order valence-corrected chi connectivity index (χ3v) is 4.35. The summed E-state index contributed by atoms with van der Waals surface area (Å²) < 4.78 is 0. The Bertz CT molecular complexity index is 555. The summed E-state index contributed by atoms with van der Waals surface area (Å²) in [6.07, 6.45) is 4.12. The highest BCUT2D eigenvalue weighted by Gasteiger charge is 2.34. The van der Waals surface area contributed by atoms with Gasteiger partial charge in [0.05, 0.1) is 6.54 Å². The van der Waals surface area contributed by atoms with E-state index in [-0.39, 0.29) is 24.7 Å². The van der Waals surface area contributed by atoms with Crippen molar-refractivity contribution < 1.29 is 14.7 Å². The van der Waals surface area contributed by atoms with Crippen LogP contribution in [-0.2, 0) is 11.2 Å². The normalized spacial score (nSPS) is 19.6.